The molecule has 0 amide bonds. The maximum Gasteiger partial charge on any atom is 0.191 e. The van der Waals surface area contributed by atoms with Crippen molar-refractivity contribution in [3.05, 3.63) is 42.6 Å². The number of aromatic nitrogens is 3. The van der Waals surface area contributed by atoms with E-state index >= 15 is 0 Å². The van der Waals surface area contributed by atoms with E-state index in [-0.39, 0.29) is 0 Å². The minimum absolute atomic E-state index is 0.518. The summed E-state index contributed by atoms with van der Waals surface area (Å²) < 4.78 is 1.88. The summed E-state index contributed by atoms with van der Waals surface area (Å²) in [5, 5.41) is 0. The Kier molecular flexibility index (Phi) is 3.37. The number of pyridine rings is 1. The Bertz CT molecular complexity index is 600. The van der Waals surface area contributed by atoms with Crippen LogP contribution in [0.2, 0.25) is 0 Å². The Morgan fingerprint density at radius 3 is 3.05 bits per heavy atom. The van der Waals surface area contributed by atoms with Gasteiger partial charge in [-0.25, -0.2) is 15.0 Å². The molecule has 2 aromatic heterocycles. The Morgan fingerprint density at radius 2 is 2.35 bits per heavy atom. The van der Waals surface area contributed by atoms with Gasteiger partial charge in [0.25, 0.3) is 0 Å². The molecule has 1 saturated carbocycles. The third-order valence-corrected chi connectivity index (χ3v) is 3.48. The highest BCUT2D eigenvalue weighted by molar-refractivity contribution is 5.78. The van der Waals surface area contributed by atoms with Crippen LogP contribution in [0, 0.1) is 0 Å². The first-order valence-electron chi connectivity index (χ1n) is 6.70. The SMILES string of the molecule is CN(C(N)=NCc1cccnc1-n1ccnc1)C1CC1. The van der Waals surface area contributed by atoms with E-state index in [0.29, 0.717) is 18.5 Å². The highest BCUT2D eigenvalue weighted by atomic mass is 15.3. The van der Waals surface area contributed by atoms with Gasteiger partial charge < -0.3 is 10.6 Å². The van der Waals surface area contributed by atoms with Crippen molar-refractivity contribution in [2.75, 3.05) is 7.05 Å². The summed E-state index contributed by atoms with van der Waals surface area (Å²) in [5.74, 6) is 1.43. The predicted molar refractivity (Wildman–Crippen MR) is 77.5 cm³/mol. The average molecular weight is 270 g/mol. The molecule has 0 saturated heterocycles. The number of hydrogen-bond acceptors (Lipinski definition) is 3. The molecular weight excluding hydrogens is 252 g/mol. The van der Waals surface area contributed by atoms with E-state index < -0.39 is 0 Å². The van der Waals surface area contributed by atoms with Gasteiger partial charge in [-0.2, -0.15) is 0 Å². The third kappa shape index (κ3) is 2.64. The molecule has 2 N–H and O–H groups in total. The highest BCUT2D eigenvalue weighted by Gasteiger charge is 2.27. The zero-order chi connectivity index (χ0) is 13.9. The number of guanidine groups is 1. The fourth-order valence-corrected chi connectivity index (χ4v) is 2.10. The molecule has 1 aliphatic carbocycles. The van der Waals surface area contributed by atoms with Gasteiger partial charge in [-0.1, -0.05) is 6.07 Å². The van der Waals surface area contributed by atoms with Gasteiger partial charge in [-0.15, -0.1) is 0 Å². The summed E-state index contributed by atoms with van der Waals surface area (Å²) >= 11 is 0. The number of nitrogens with two attached hydrogens (primary N) is 1. The van der Waals surface area contributed by atoms with Gasteiger partial charge in [-0.3, -0.25) is 4.57 Å². The molecule has 104 valence electrons. The normalized spacial score (nSPS) is 15.3. The average Bonchev–Trinajstić information content (AvgIpc) is 3.19. The topological polar surface area (TPSA) is 72.3 Å². The third-order valence-electron chi connectivity index (χ3n) is 3.48. The highest BCUT2D eigenvalue weighted by Crippen LogP contribution is 2.25. The van der Waals surface area contributed by atoms with Crippen molar-refractivity contribution in [2.24, 2.45) is 10.7 Å². The molecule has 6 nitrogen and oxygen atoms in total. The standard InChI is InChI=1S/C14H18N6/c1-19(12-4-5-12)14(15)18-9-11-3-2-6-17-13(11)20-8-7-16-10-20/h2-3,6-8,10,12H,4-5,9H2,1H3,(H2,15,18). The van der Waals surface area contributed by atoms with Crippen molar-refractivity contribution >= 4 is 5.96 Å². The van der Waals surface area contributed by atoms with Crippen molar-refractivity contribution in [1.82, 2.24) is 19.4 Å². The monoisotopic (exact) mass is 270 g/mol. The Morgan fingerprint density at radius 1 is 1.50 bits per heavy atom. The van der Waals surface area contributed by atoms with Gasteiger partial charge in [0.05, 0.1) is 6.54 Å². The van der Waals surface area contributed by atoms with Crippen LogP contribution in [0.25, 0.3) is 5.82 Å². The van der Waals surface area contributed by atoms with Crippen LogP contribution in [0.5, 0.6) is 0 Å². The van der Waals surface area contributed by atoms with Crippen LogP contribution in [-0.2, 0) is 6.54 Å². The number of imidazole rings is 1. The van der Waals surface area contributed by atoms with Gasteiger partial charge >= 0.3 is 0 Å². The van der Waals surface area contributed by atoms with Crippen LogP contribution in [0.15, 0.2) is 42.0 Å². The molecule has 2 aromatic rings. The van der Waals surface area contributed by atoms with Crippen molar-refractivity contribution in [3.8, 4) is 5.82 Å². The first-order chi connectivity index (χ1) is 9.75. The largest absolute Gasteiger partial charge is 0.370 e. The second-order valence-corrected chi connectivity index (χ2v) is 4.97. The second-order valence-electron chi connectivity index (χ2n) is 4.97. The molecule has 0 spiro atoms. The lowest BCUT2D eigenvalue weighted by Gasteiger charge is -2.17. The van der Waals surface area contributed by atoms with Gasteiger partial charge in [-0.05, 0) is 18.9 Å². The molecule has 1 fully saturated rings. The molecule has 0 unspecified atom stereocenters. The number of rotatable bonds is 4. The molecule has 0 aromatic carbocycles. The molecule has 20 heavy (non-hydrogen) atoms. The van der Waals surface area contributed by atoms with Crippen LogP contribution >= 0.6 is 0 Å². The molecule has 2 heterocycles. The van der Waals surface area contributed by atoms with Crippen molar-refractivity contribution < 1.29 is 0 Å². The number of aliphatic imine (C=N–C) groups is 1. The number of nitrogens with zero attached hydrogens (tertiary/aromatic N) is 5. The summed E-state index contributed by atoms with van der Waals surface area (Å²) in [4.78, 5) is 15.0. The zero-order valence-electron chi connectivity index (χ0n) is 11.5. The zero-order valence-corrected chi connectivity index (χ0v) is 11.5. The fourth-order valence-electron chi connectivity index (χ4n) is 2.10. The minimum atomic E-state index is 0.518. The van der Waals surface area contributed by atoms with E-state index in [2.05, 4.69) is 15.0 Å². The Labute approximate surface area is 118 Å². The summed E-state index contributed by atoms with van der Waals surface area (Å²) in [7, 11) is 2.00. The number of hydrogen-bond donors (Lipinski definition) is 1. The first-order valence-corrected chi connectivity index (χ1v) is 6.70. The van der Waals surface area contributed by atoms with E-state index in [1.54, 1.807) is 18.7 Å². The predicted octanol–water partition coefficient (Wildman–Crippen LogP) is 1.18. The lowest BCUT2D eigenvalue weighted by atomic mass is 10.2. The lowest BCUT2D eigenvalue weighted by Crippen LogP contribution is -2.35. The molecule has 0 atom stereocenters. The van der Waals surface area contributed by atoms with Crippen LogP contribution in [-0.4, -0.2) is 38.5 Å². The lowest BCUT2D eigenvalue weighted by molar-refractivity contribution is 0.487. The van der Waals surface area contributed by atoms with Crippen LogP contribution in [0.1, 0.15) is 18.4 Å². The van der Waals surface area contributed by atoms with Gasteiger partial charge in [0, 0.05) is 37.2 Å². The van der Waals surface area contributed by atoms with E-state index in [1.165, 1.54) is 12.8 Å². The minimum Gasteiger partial charge on any atom is -0.370 e. The van der Waals surface area contributed by atoms with Crippen LogP contribution < -0.4 is 5.73 Å². The summed E-state index contributed by atoms with van der Waals surface area (Å²) in [6.07, 6.45) is 9.52. The summed E-state index contributed by atoms with van der Waals surface area (Å²) in [6, 6.07) is 4.49. The van der Waals surface area contributed by atoms with E-state index in [1.807, 2.05) is 34.8 Å². The molecule has 1 aliphatic rings. The molecular formula is C14H18N6. The molecule has 0 bridgehead atoms. The maximum absolute atomic E-state index is 6.01. The van der Waals surface area contributed by atoms with E-state index in [0.717, 1.165) is 11.4 Å². The smallest absolute Gasteiger partial charge is 0.191 e. The van der Waals surface area contributed by atoms with E-state index in [9.17, 15) is 0 Å². The summed E-state index contributed by atoms with van der Waals surface area (Å²) in [6.45, 7) is 0.518. The van der Waals surface area contributed by atoms with Crippen LogP contribution in [0.4, 0.5) is 0 Å². The molecule has 0 aliphatic heterocycles. The van der Waals surface area contributed by atoms with Gasteiger partial charge in [0.15, 0.2) is 5.96 Å². The Hall–Kier alpha value is -2.37. The van der Waals surface area contributed by atoms with Gasteiger partial charge in [0.1, 0.15) is 12.1 Å². The van der Waals surface area contributed by atoms with Crippen molar-refractivity contribution in [2.45, 2.75) is 25.4 Å². The second kappa shape index (κ2) is 5.32. The van der Waals surface area contributed by atoms with Gasteiger partial charge in [0.2, 0.25) is 0 Å². The van der Waals surface area contributed by atoms with Crippen molar-refractivity contribution in [3.63, 3.8) is 0 Å². The Balaban J connectivity index is 1.79. The van der Waals surface area contributed by atoms with Crippen molar-refractivity contribution in [1.29, 1.82) is 0 Å². The molecule has 6 heteroatoms. The maximum atomic E-state index is 6.01. The molecule has 3 rings (SSSR count). The quantitative estimate of drug-likeness (QED) is 0.669. The summed E-state index contributed by atoms with van der Waals surface area (Å²) in [5.41, 5.74) is 7.04. The molecule has 0 radical (unpaired) electrons. The first kappa shape index (κ1) is 12.7. The van der Waals surface area contributed by atoms with E-state index in [4.69, 9.17) is 5.73 Å². The fraction of sp³-hybridized carbons (Fsp3) is 0.357. The van der Waals surface area contributed by atoms with Crippen LogP contribution in [0.3, 0.4) is 0 Å².